The highest BCUT2D eigenvalue weighted by molar-refractivity contribution is 5.07. The summed E-state index contributed by atoms with van der Waals surface area (Å²) in [6, 6.07) is 4.06. The van der Waals surface area contributed by atoms with Crippen LogP contribution in [0, 0.1) is 0 Å². The molecular formula is C11H20N2O. The Labute approximate surface area is 85.9 Å². The summed E-state index contributed by atoms with van der Waals surface area (Å²) in [5.41, 5.74) is 5.45. The lowest BCUT2D eigenvalue weighted by atomic mass is 10.3. The van der Waals surface area contributed by atoms with Crippen molar-refractivity contribution in [2.24, 2.45) is 5.73 Å². The Morgan fingerprint density at radius 1 is 1.21 bits per heavy atom. The van der Waals surface area contributed by atoms with Gasteiger partial charge in [-0.25, -0.2) is 0 Å². The number of rotatable bonds is 6. The van der Waals surface area contributed by atoms with Gasteiger partial charge in [-0.15, -0.1) is 0 Å². The van der Waals surface area contributed by atoms with Crippen LogP contribution in [0.3, 0.4) is 0 Å². The molecule has 3 nitrogen and oxygen atoms in total. The van der Waals surface area contributed by atoms with Crippen LogP contribution < -0.4 is 5.73 Å². The Bertz CT molecular complexity index is 254. The Balaban J connectivity index is 2.49. The molecule has 0 aromatic carbocycles. The number of hydrogen-bond donors (Lipinski definition) is 1. The predicted molar refractivity (Wildman–Crippen MR) is 58.1 cm³/mol. The predicted octanol–water partition coefficient (Wildman–Crippen LogP) is 1.62. The Hall–Kier alpha value is -0.800. The van der Waals surface area contributed by atoms with Gasteiger partial charge in [-0.05, 0) is 31.8 Å². The molecule has 1 rings (SSSR count). The normalized spacial score (nSPS) is 11.1. The van der Waals surface area contributed by atoms with Crippen LogP contribution in [0.2, 0.25) is 0 Å². The summed E-state index contributed by atoms with van der Waals surface area (Å²) < 4.78 is 5.64. The highest BCUT2D eigenvalue weighted by atomic mass is 16.3. The molecule has 0 fully saturated rings. The van der Waals surface area contributed by atoms with Gasteiger partial charge in [0, 0.05) is 6.42 Å². The first-order valence-electron chi connectivity index (χ1n) is 5.30. The first-order valence-corrected chi connectivity index (χ1v) is 5.30. The molecule has 0 unspecified atom stereocenters. The molecule has 0 spiro atoms. The van der Waals surface area contributed by atoms with Crippen molar-refractivity contribution in [1.82, 2.24) is 4.90 Å². The second kappa shape index (κ2) is 5.83. The first-order chi connectivity index (χ1) is 6.80. The molecule has 80 valence electrons. The fourth-order valence-corrected chi connectivity index (χ4v) is 1.45. The molecule has 0 aliphatic rings. The van der Waals surface area contributed by atoms with Gasteiger partial charge in [0.25, 0.3) is 0 Å². The Morgan fingerprint density at radius 2 is 1.86 bits per heavy atom. The van der Waals surface area contributed by atoms with E-state index >= 15 is 0 Å². The summed E-state index contributed by atoms with van der Waals surface area (Å²) in [7, 11) is 0. The van der Waals surface area contributed by atoms with E-state index in [9.17, 15) is 0 Å². The fraction of sp³-hybridized carbons (Fsp3) is 0.636. The van der Waals surface area contributed by atoms with Gasteiger partial charge in [0.2, 0.25) is 0 Å². The molecule has 0 saturated heterocycles. The van der Waals surface area contributed by atoms with E-state index in [0.29, 0.717) is 6.54 Å². The number of furan rings is 1. The molecule has 0 aliphatic carbocycles. The average molecular weight is 196 g/mol. The highest BCUT2D eigenvalue weighted by Crippen LogP contribution is 2.10. The minimum absolute atomic E-state index is 0.651. The Kier molecular flexibility index (Phi) is 4.70. The third-order valence-electron chi connectivity index (χ3n) is 2.38. The summed E-state index contributed by atoms with van der Waals surface area (Å²) in [5, 5.41) is 0. The molecule has 1 aromatic rings. The maximum Gasteiger partial charge on any atom is 0.118 e. The van der Waals surface area contributed by atoms with E-state index in [-0.39, 0.29) is 0 Å². The Morgan fingerprint density at radius 3 is 2.43 bits per heavy atom. The van der Waals surface area contributed by atoms with E-state index < -0.39 is 0 Å². The van der Waals surface area contributed by atoms with Gasteiger partial charge in [0.05, 0.1) is 6.54 Å². The van der Waals surface area contributed by atoms with Gasteiger partial charge in [0.15, 0.2) is 0 Å². The topological polar surface area (TPSA) is 42.4 Å². The standard InChI is InChI=1S/C11H20N2O/c1-3-13(4-2)9-11-6-5-10(14-11)7-8-12/h5-6H,3-4,7-9,12H2,1-2H3. The van der Waals surface area contributed by atoms with E-state index in [1.165, 1.54) is 0 Å². The maximum absolute atomic E-state index is 5.64. The van der Waals surface area contributed by atoms with E-state index in [2.05, 4.69) is 18.7 Å². The number of hydrogen-bond acceptors (Lipinski definition) is 3. The smallest absolute Gasteiger partial charge is 0.118 e. The van der Waals surface area contributed by atoms with Crippen LogP contribution in [0.1, 0.15) is 25.4 Å². The van der Waals surface area contributed by atoms with Crippen LogP contribution >= 0.6 is 0 Å². The molecular weight excluding hydrogens is 176 g/mol. The van der Waals surface area contributed by atoms with E-state index in [1.54, 1.807) is 0 Å². The zero-order chi connectivity index (χ0) is 10.4. The first kappa shape index (κ1) is 11.3. The van der Waals surface area contributed by atoms with Gasteiger partial charge < -0.3 is 10.2 Å². The van der Waals surface area contributed by atoms with Crippen LogP contribution in [0.5, 0.6) is 0 Å². The zero-order valence-electron chi connectivity index (χ0n) is 9.12. The monoisotopic (exact) mass is 196 g/mol. The van der Waals surface area contributed by atoms with Crippen molar-refractivity contribution in [2.45, 2.75) is 26.8 Å². The van der Waals surface area contributed by atoms with Crippen LogP contribution in [0.15, 0.2) is 16.5 Å². The van der Waals surface area contributed by atoms with Gasteiger partial charge >= 0.3 is 0 Å². The quantitative estimate of drug-likeness (QED) is 0.752. The second-order valence-electron chi connectivity index (χ2n) is 3.37. The summed E-state index contributed by atoms with van der Waals surface area (Å²) in [6.07, 6.45) is 0.832. The van der Waals surface area contributed by atoms with E-state index in [1.807, 2.05) is 12.1 Å². The van der Waals surface area contributed by atoms with Gasteiger partial charge in [-0.3, -0.25) is 4.90 Å². The molecule has 0 aliphatic heterocycles. The largest absolute Gasteiger partial charge is 0.465 e. The zero-order valence-corrected chi connectivity index (χ0v) is 9.12. The van der Waals surface area contributed by atoms with Crippen molar-refractivity contribution in [2.75, 3.05) is 19.6 Å². The van der Waals surface area contributed by atoms with Crippen molar-refractivity contribution >= 4 is 0 Å². The molecule has 0 atom stereocenters. The summed E-state index contributed by atoms with van der Waals surface area (Å²) in [6.45, 7) is 7.99. The third-order valence-corrected chi connectivity index (χ3v) is 2.38. The van der Waals surface area contributed by atoms with Crippen LogP contribution in [0.4, 0.5) is 0 Å². The van der Waals surface area contributed by atoms with Gasteiger partial charge in [-0.1, -0.05) is 13.8 Å². The van der Waals surface area contributed by atoms with Crippen LogP contribution in [-0.2, 0) is 13.0 Å². The van der Waals surface area contributed by atoms with Crippen LogP contribution in [-0.4, -0.2) is 24.5 Å². The molecule has 0 bridgehead atoms. The highest BCUT2D eigenvalue weighted by Gasteiger charge is 2.05. The fourth-order valence-electron chi connectivity index (χ4n) is 1.45. The van der Waals surface area contributed by atoms with Crippen molar-refractivity contribution < 1.29 is 4.42 Å². The minimum Gasteiger partial charge on any atom is -0.465 e. The number of nitrogens with zero attached hydrogens (tertiary/aromatic N) is 1. The minimum atomic E-state index is 0.651. The van der Waals surface area contributed by atoms with Crippen LogP contribution in [0.25, 0.3) is 0 Å². The van der Waals surface area contributed by atoms with Crippen molar-refractivity contribution in [3.05, 3.63) is 23.7 Å². The molecule has 1 aromatic heterocycles. The molecule has 2 N–H and O–H groups in total. The summed E-state index contributed by atoms with van der Waals surface area (Å²) in [5.74, 6) is 2.03. The molecule has 0 saturated carbocycles. The SMILES string of the molecule is CCN(CC)Cc1ccc(CCN)o1. The lowest BCUT2D eigenvalue weighted by Crippen LogP contribution is -2.21. The molecule has 3 heteroatoms. The van der Waals surface area contributed by atoms with Crippen molar-refractivity contribution in [3.63, 3.8) is 0 Å². The lowest BCUT2D eigenvalue weighted by Gasteiger charge is -2.15. The molecule has 14 heavy (non-hydrogen) atoms. The van der Waals surface area contributed by atoms with Gasteiger partial charge in [0.1, 0.15) is 11.5 Å². The maximum atomic E-state index is 5.64. The van der Waals surface area contributed by atoms with Gasteiger partial charge in [-0.2, -0.15) is 0 Å². The van der Waals surface area contributed by atoms with Crippen molar-refractivity contribution in [3.8, 4) is 0 Å². The van der Waals surface area contributed by atoms with Crippen molar-refractivity contribution in [1.29, 1.82) is 0 Å². The molecule has 0 radical (unpaired) electrons. The third kappa shape index (κ3) is 3.16. The van der Waals surface area contributed by atoms with E-state index in [0.717, 1.165) is 37.6 Å². The summed E-state index contributed by atoms with van der Waals surface area (Å²) >= 11 is 0. The summed E-state index contributed by atoms with van der Waals surface area (Å²) in [4.78, 5) is 2.32. The number of nitrogens with two attached hydrogens (primary N) is 1. The second-order valence-corrected chi connectivity index (χ2v) is 3.37. The molecule has 1 heterocycles. The average Bonchev–Trinajstić information content (AvgIpc) is 2.63. The molecule has 0 amide bonds. The van der Waals surface area contributed by atoms with E-state index in [4.69, 9.17) is 10.2 Å². The lowest BCUT2D eigenvalue weighted by molar-refractivity contribution is 0.265.